The highest BCUT2D eigenvalue weighted by Gasteiger charge is 2.32. The van der Waals surface area contributed by atoms with Crippen LogP contribution in [0.15, 0.2) is 48.5 Å². The minimum absolute atomic E-state index is 0.0557. The molecule has 186 valence electrons. The molecule has 2 aliphatic heterocycles. The third-order valence-electron chi connectivity index (χ3n) is 6.04. The van der Waals surface area contributed by atoms with Gasteiger partial charge in [-0.2, -0.15) is 0 Å². The Bertz CT molecular complexity index is 1090. The van der Waals surface area contributed by atoms with Crippen LogP contribution in [-0.4, -0.2) is 73.0 Å². The summed E-state index contributed by atoms with van der Waals surface area (Å²) in [4.78, 5) is 43.4. The number of rotatable bonds is 7. The van der Waals surface area contributed by atoms with Gasteiger partial charge in [0.25, 0.3) is 5.91 Å². The lowest BCUT2D eigenvalue weighted by Gasteiger charge is -2.26. The zero-order valence-electron chi connectivity index (χ0n) is 20.1. The maximum atomic E-state index is 13.6. The predicted octanol–water partition coefficient (Wildman–Crippen LogP) is 2.88. The number of urea groups is 1. The van der Waals surface area contributed by atoms with Gasteiger partial charge in [-0.15, -0.1) is 0 Å². The van der Waals surface area contributed by atoms with Crippen molar-refractivity contribution in [1.29, 1.82) is 0 Å². The van der Waals surface area contributed by atoms with Crippen LogP contribution in [0.4, 0.5) is 14.9 Å². The van der Waals surface area contributed by atoms with Gasteiger partial charge < -0.3 is 19.9 Å². The molecule has 0 aliphatic carbocycles. The van der Waals surface area contributed by atoms with Crippen molar-refractivity contribution in [3.8, 4) is 0 Å². The molecule has 4 rings (SSSR count). The molecule has 2 aromatic rings. The third-order valence-corrected chi connectivity index (χ3v) is 6.04. The largest absolute Gasteiger partial charge is 0.370 e. The normalized spacial score (nSPS) is 18.7. The van der Waals surface area contributed by atoms with Crippen LogP contribution in [0.2, 0.25) is 0 Å². The summed E-state index contributed by atoms with van der Waals surface area (Å²) in [6.45, 7) is 6.39. The van der Waals surface area contributed by atoms with Crippen molar-refractivity contribution < 1.29 is 23.5 Å². The fourth-order valence-electron chi connectivity index (χ4n) is 4.40. The molecule has 0 spiro atoms. The first-order valence-corrected chi connectivity index (χ1v) is 11.9. The van der Waals surface area contributed by atoms with Gasteiger partial charge >= 0.3 is 6.03 Å². The van der Waals surface area contributed by atoms with Gasteiger partial charge in [-0.3, -0.25) is 14.5 Å². The summed E-state index contributed by atoms with van der Waals surface area (Å²) in [5.41, 5.74) is 1.72. The van der Waals surface area contributed by atoms with Crippen LogP contribution in [0.1, 0.15) is 29.8 Å². The second kappa shape index (κ2) is 10.9. The maximum Gasteiger partial charge on any atom is 0.321 e. The van der Waals surface area contributed by atoms with Crippen LogP contribution >= 0.6 is 0 Å². The Morgan fingerprint density at radius 1 is 1.14 bits per heavy atom. The zero-order chi connectivity index (χ0) is 24.9. The molecule has 0 bridgehead atoms. The van der Waals surface area contributed by atoms with Gasteiger partial charge in [0.2, 0.25) is 5.91 Å². The fraction of sp³-hybridized carbons (Fsp3) is 0.423. The predicted molar refractivity (Wildman–Crippen MR) is 129 cm³/mol. The summed E-state index contributed by atoms with van der Waals surface area (Å²) in [6, 6.07) is 12.9. The molecule has 35 heavy (non-hydrogen) atoms. The van der Waals surface area contributed by atoms with Crippen LogP contribution in [0.5, 0.6) is 0 Å². The number of halogens is 1. The second-order valence-corrected chi connectivity index (χ2v) is 9.38. The van der Waals surface area contributed by atoms with E-state index < -0.39 is 6.10 Å². The van der Waals surface area contributed by atoms with E-state index in [1.165, 1.54) is 17.0 Å². The first-order chi connectivity index (χ1) is 16.8. The number of anilines is 1. The average molecular weight is 483 g/mol. The van der Waals surface area contributed by atoms with Crippen LogP contribution in [0, 0.1) is 11.7 Å². The third kappa shape index (κ3) is 6.16. The number of carbonyl (C=O) groups is 3. The molecule has 2 aromatic carbocycles. The molecule has 2 saturated heterocycles. The van der Waals surface area contributed by atoms with E-state index in [2.05, 4.69) is 5.32 Å². The molecule has 8 nitrogen and oxygen atoms in total. The minimum atomic E-state index is -0.431. The monoisotopic (exact) mass is 482 g/mol. The quantitative estimate of drug-likeness (QED) is 0.658. The van der Waals surface area contributed by atoms with E-state index in [1.807, 2.05) is 13.8 Å². The van der Waals surface area contributed by atoms with Gasteiger partial charge in [0.1, 0.15) is 12.4 Å². The van der Waals surface area contributed by atoms with E-state index in [0.717, 1.165) is 0 Å². The Balaban J connectivity index is 1.53. The molecule has 2 aliphatic rings. The van der Waals surface area contributed by atoms with Crippen molar-refractivity contribution in [3.63, 3.8) is 0 Å². The van der Waals surface area contributed by atoms with Gasteiger partial charge in [-0.25, -0.2) is 9.18 Å². The standard InChI is InChI=1S/C26H31FN4O4/c1-18(2)13-29-14-23(35-17-19-5-3-7-21(27)11-19)15-30(16-24(29)32)25(33)20-6-4-8-22(12-20)31-10-9-28-26(31)34/h3-8,11-12,18,23H,9-10,13-17H2,1-2H3,(H,28,34). The van der Waals surface area contributed by atoms with Gasteiger partial charge in [-0.05, 0) is 41.8 Å². The highest BCUT2D eigenvalue weighted by Crippen LogP contribution is 2.21. The number of carbonyl (C=O) groups excluding carboxylic acids is 3. The van der Waals surface area contributed by atoms with Gasteiger partial charge in [0.05, 0.1) is 12.7 Å². The summed E-state index contributed by atoms with van der Waals surface area (Å²) in [5.74, 6) is -0.523. The Morgan fingerprint density at radius 3 is 2.66 bits per heavy atom. The lowest BCUT2D eigenvalue weighted by molar-refractivity contribution is -0.132. The van der Waals surface area contributed by atoms with E-state index in [9.17, 15) is 18.8 Å². The summed E-state index contributed by atoms with van der Waals surface area (Å²) < 4.78 is 19.7. The van der Waals surface area contributed by atoms with Crippen LogP contribution in [-0.2, 0) is 16.1 Å². The van der Waals surface area contributed by atoms with Crippen LogP contribution in [0.25, 0.3) is 0 Å². The molecule has 0 aromatic heterocycles. The Labute approximate surface area is 204 Å². The first kappa shape index (κ1) is 24.7. The number of amides is 4. The van der Waals surface area contributed by atoms with Gasteiger partial charge in [0.15, 0.2) is 0 Å². The minimum Gasteiger partial charge on any atom is -0.370 e. The van der Waals surface area contributed by atoms with Crippen molar-refractivity contribution in [1.82, 2.24) is 15.1 Å². The van der Waals surface area contributed by atoms with Crippen molar-refractivity contribution in [3.05, 3.63) is 65.5 Å². The summed E-state index contributed by atoms with van der Waals surface area (Å²) in [7, 11) is 0. The van der Waals surface area contributed by atoms with E-state index in [-0.39, 0.29) is 49.3 Å². The van der Waals surface area contributed by atoms with Crippen molar-refractivity contribution in [2.75, 3.05) is 44.2 Å². The molecule has 1 unspecified atom stereocenters. The average Bonchev–Trinajstić information content (AvgIpc) is 3.19. The van der Waals surface area contributed by atoms with Gasteiger partial charge in [-0.1, -0.05) is 32.0 Å². The molecule has 9 heteroatoms. The highest BCUT2D eigenvalue weighted by molar-refractivity contribution is 5.99. The van der Waals surface area contributed by atoms with E-state index >= 15 is 0 Å². The molecule has 0 saturated carbocycles. The first-order valence-electron chi connectivity index (χ1n) is 11.9. The van der Waals surface area contributed by atoms with Crippen LogP contribution < -0.4 is 10.2 Å². The Kier molecular flexibility index (Phi) is 7.65. The number of benzene rings is 2. The number of hydrogen-bond donors (Lipinski definition) is 1. The van der Waals surface area contributed by atoms with E-state index in [0.29, 0.717) is 43.0 Å². The molecular weight excluding hydrogens is 451 g/mol. The topological polar surface area (TPSA) is 82.2 Å². The molecule has 4 amide bonds. The summed E-state index contributed by atoms with van der Waals surface area (Å²) in [5, 5.41) is 2.75. The zero-order valence-corrected chi connectivity index (χ0v) is 20.1. The lowest BCUT2D eigenvalue weighted by Crippen LogP contribution is -2.40. The van der Waals surface area contributed by atoms with Crippen molar-refractivity contribution >= 4 is 23.5 Å². The van der Waals surface area contributed by atoms with Crippen molar-refractivity contribution in [2.45, 2.75) is 26.6 Å². The highest BCUT2D eigenvalue weighted by atomic mass is 19.1. The number of ether oxygens (including phenoxy) is 1. The molecule has 2 fully saturated rings. The second-order valence-electron chi connectivity index (χ2n) is 9.38. The van der Waals surface area contributed by atoms with Gasteiger partial charge in [0, 0.05) is 44.0 Å². The Morgan fingerprint density at radius 2 is 1.94 bits per heavy atom. The number of hydrogen-bond acceptors (Lipinski definition) is 4. The fourth-order valence-corrected chi connectivity index (χ4v) is 4.40. The molecule has 0 radical (unpaired) electrons. The molecular formula is C26H31FN4O4. The maximum absolute atomic E-state index is 13.6. The SMILES string of the molecule is CC(C)CN1CC(OCc2cccc(F)c2)CN(C(=O)c2cccc(N3CCNC3=O)c2)CC1=O. The summed E-state index contributed by atoms with van der Waals surface area (Å²) in [6.07, 6.45) is -0.431. The van der Waals surface area contributed by atoms with E-state index in [1.54, 1.807) is 46.2 Å². The van der Waals surface area contributed by atoms with Crippen molar-refractivity contribution in [2.24, 2.45) is 5.92 Å². The Hall–Kier alpha value is -3.46. The summed E-state index contributed by atoms with van der Waals surface area (Å²) >= 11 is 0. The molecule has 1 atom stereocenters. The number of nitrogens with zero attached hydrogens (tertiary/aromatic N) is 3. The number of nitrogens with one attached hydrogen (secondary N) is 1. The molecule has 1 N–H and O–H groups in total. The molecule has 2 heterocycles. The lowest BCUT2D eigenvalue weighted by atomic mass is 10.1. The van der Waals surface area contributed by atoms with Crippen LogP contribution in [0.3, 0.4) is 0 Å². The van der Waals surface area contributed by atoms with E-state index in [4.69, 9.17) is 4.74 Å². The smallest absolute Gasteiger partial charge is 0.321 e.